The van der Waals surface area contributed by atoms with Crippen LogP contribution in [0.1, 0.15) is 22.2 Å². The van der Waals surface area contributed by atoms with E-state index >= 15 is 0 Å². The van der Waals surface area contributed by atoms with Crippen LogP contribution in [0.25, 0.3) is 0 Å². The monoisotopic (exact) mass is 294 g/mol. The van der Waals surface area contributed by atoms with Crippen LogP contribution in [0, 0.1) is 0 Å². The van der Waals surface area contributed by atoms with Gasteiger partial charge in [-0.3, -0.25) is 4.79 Å². The molecule has 2 heterocycles. The Morgan fingerprint density at radius 2 is 2.05 bits per heavy atom. The third-order valence-corrected chi connectivity index (χ3v) is 4.78. The maximum absolute atomic E-state index is 11.3. The van der Waals surface area contributed by atoms with Gasteiger partial charge in [-0.05, 0) is 22.9 Å². The molecule has 1 atom stereocenters. The minimum absolute atomic E-state index is 0.0774. The molecule has 2 rings (SSSR count). The molecule has 2 N–H and O–H groups in total. The van der Waals surface area contributed by atoms with Gasteiger partial charge in [0.05, 0.1) is 0 Å². The van der Waals surface area contributed by atoms with Crippen molar-refractivity contribution in [2.24, 2.45) is 0 Å². The zero-order valence-corrected chi connectivity index (χ0v) is 12.5. The number of amides is 1. The first-order valence-corrected chi connectivity index (χ1v) is 8.05. The number of hydrogen-bond acceptors (Lipinski definition) is 4. The lowest BCUT2D eigenvalue weighted by atomic mass is 10.1. The molecule has 2 aromatic rings. The number of nitrogens with one attached hydrogen (secondary N) is 2. The second-order valence-electron chi connectivity index (χ2n) is 4.23. The summed E-state index contributed by atoms with van der Waals surface area (Å²) in [4.78, 5) is 13.9. The fourth-order valence-corrected chi connectivity index (χ4v) is 3.43. The molecule has 0 aliphatic rings. The van der Waals surface area contributed by atoms with Crippen molar-refractivity contribution in [3.8, 4) is 0 Å². The van der Waals surface area contributed by atoms with Crippen LogP contribution < -0.4 is 10.6 Å². The number of carbonyl (C=O) groups excluding carboxylic acids is 1. The van der Waals surface area contributed by atoms with E-state index in [1.54, 1.807) is 29.7 Å². The summed E-state index contributed by atoms with van der Waals surface area (Å²) in [5, 5.41) is 10.3. The van der Waals surface area contributed by atoms with Crippen molar-refractivity contribution in [2.45, 2.75) is 18.9 Å². The molecule has 0 aromatic carbocycles. The average molecular weight is 294 g/mol. The summed E-state index contributed by atoms with van der Waals surface area (Å²) in [6.45, 7) is 0.702. The summed E-state index contributed by atoms with van der Waals surface area (Å²) < 4.78 is 0. The summed E-state index contributed by atoms with van der Waals surface area (Å²) in [7, 11) is 1.67. The SMILES string of the molecule is CNC(=O)CCNC(Cc1cccs1)c1cccs1. The molecule has 0 fully saturated rings. The van der Waals surface area contributed by atoms with E-state index < -0.39 is 0 Å². The van der Waals surface area contributed by atoms with Crippen LogP contribution in [-0.4, -0.2) is 19.5 Å². The molecule has 0 bridgehead atoms. The van der Waals surface area contributed by atoms with E-state index in [1.165, 1.54) is 9.75 Å². The Balaban J connectivity index is 1.93. The summed E-state index contributed by atoms with van der Waals surface area (Å²) in [5.41, 5.74) is 0. The van der Waals surface area contributed by atoms with Crippen molar-refractivity contribution in [2.75, 3.05) is 13.6 Å². The summed E-state index contributed by atoms with van der Waals surface area (Å²) in [6, 6.07) is 8.75. The Hall–Kier alpha value is -1.17. The topological polar surface area (TPSA) is 41.1 Å². The highest BCUT2D eigenvalue weighted by molar-refractivity contribution is 7.10. The van der Waals surface area contributed by atoms with E-state index in [-0.39, 0.29) is 5.91 Å². The lowest BCUT2D eigenvalue weighted by Crippen LogP contribution is -2.28. The Kier molecular flexibility index (Phi) is 5.57. The molecule has 3 nitrogen and oxygen atoms in total. The second-order valence-corrected chi connectivity index (χ2v) is 6.24. The maximum atomic E-state index is 11.3. The van der Waals surface area contributed by atoms with Crippen molar-refractivity contribution in [3.63, 3.8) is 0 Å². The molecule has 1 unspecified atom stereocenters. The number of thiophene rings is 2. The van der Waals surface area contributed by atoms with Gasteiger partial charge in [0, 0.05) is 42.2 Å². The third-order valence-electron chi connectivity index (χ3n) is 2.89. The molecular weight excluding hydrogens is 276 g/mol. The van der Waals surface area contributed by atoms with Gasteiger partial charge in [0.25, 0.3) is 0 Å². The van der Waals surface area contributed by atoms with Gasteiger partial charge in [0.2, 0.25) is 5.91 Å². The smallest absolute Gasteiger partial charge is 0.221 e. The van der Waals surface area contributed by atoms with E-state index in [4.69, 9.17) is 0 Å². The molecule has 0 saturated heterocycles. The average Bonchev–Trinajstić information content (AvgIpc) is 3.10. The van der Waals surface area contributed by atoms with Crippen LogP contribution >= 0.6 is 22.7 Å². The highest BCUT2D eigenvalue weighted by Crippen LogP contribution is 2.24. The highest BCUT2D eigenvalue weighted by Gasteiger charge is 2.13. The minimum atomic E-state index is 0.0774. The molecule has 0 radical (unpaired) electrons. The van der Waals surface area contributed by atoms with Crippen molar-refractivity contribution < 1.29 is 4.79 Å². The van der Waals surface area contributed by atoms with E-state index in [0.29, 0.717) is 19.0 Å². The number of carbonyl (C=O) groups is 1. The Bertz CT molecular complexity index is 480. The van der Waals surface area contributed by atoms with Gasteiger partial charge in [-0.2, -0.15) is 0 Å². The zero-order chi connectivity index (χ0) is 13.5. The zero-order valence-electron chi connectivity index (χ0n) is 10.9. The van der Waals surface area contributed by atoms with Crippen LogP contribution in [0.15, 0.2) is 35.0 Å². The van der Waals surface area contributed by atoms with Gasteiger partial charge < -0.3 is 10.6 Å². The highest BCUT2D eigenvalue weighted by atomic mass is 32.1. The molecule has 0 saturated carbocycles. The van der Waals surface area contributed by atoms with Gasteiger partial charge in [0.15, 0.2) is 0 Å². The standard InChI is InChI=1S/C14H18N2OS2/c1-15-14(17)6-7-16-12(13-5-3-9-19-13)10-11-4-2-8-18-11/h2-5,8-9,12,16H,6-7,10H2,1H3,(H,15,17). The predicted octanol–water partition coefficient (Wildman–Crippen LogP) is 2.82. The van der Waals surface area contributed by atoms with Crippen LogP contribution in [0.2, 0.25) is 0 Å². The second kappa shape index (κ2) is 7.43. The minimum Gasteiger partial charge on any atom is -0.359 e. The Morgan fingerprint density at radius 3 is 2.68 bits per heavy atom. The Labute approximate surface area is 121 Å². The molecule has 19 heavy (non-hydrogen) atoms. The molecule has 0 spiro atoms. The maximum Gasteiger partial charge on any atom is 0.221 e. The predicted molar refractivity (Wildman–Crippen MR) is 81.8 cm³/mol. The van der Waals surface area contributed by atoms with Gasteiger partial charge in [-0.25, -0.2) is 0 Å². The molecular formula is C14H18N2OS2. The van der Waals surface area contributed by atoms with Gasteiger partial charge in [-0.15, -0.1) is 22.7 Å². The molecule has 1 amide bonds. The van der Waals surface area contributed by atoms with E-state index in [9.17, 15) is 4.79 Å². The van der Waals surface area contributed by atoms with Gasteiger partial charge in [0.1, 0.15) is 0 Å². The van der Waals surface area contributed by atoms with Crippen molar-refractivity contribution in [1.82, 2.24) is 10.6 Å². The largest absolute Gasteiger partial charge is 0.359 e. The lowest BCUT2D eigenvalue weighted by Gasteiger charge is -2.16. The van der Waals surface area contributed by atoms with E-state index in [2.05, 4.69) is 45.7 Å². The van der Waals surface area contributed by atoms with Crippen LogP contribution in [0.5, 0.6) is 0 Å². The number of hydrogen-bond donors (Lipinski definition) is 2. The van der Waals surface area contributed by atoms with E-state index in [1.807, 2.05) is 0 Å². The van der Waals surface area contributed by atoms with Gasteiger partial charge >= 0.3 is 0 Å². The molecule has 5 heteroatoms. The summed E-state index contributed by atoms with van der Waals surface area (Å²) >= 11 is 3.54. The Morgan fingerprint density at radius 1 is 1.26 bits per heavy atom. The van der Waals surface area contributed by atoms with Crippen LogP contribution in [0.4, 0.5) is 0 Å². The van der Waals surface area contributed by atoms with Gasteiger partial charge in [-0.1, -0.05) is 12.1 Å². The molecule has 2 aromatic heterocycles. The third kappa shape index (κ3) is 4.45. The quantitative estimate of drug-likeness (QED) is 0.824. The summed E-state index contributed by atoms with van der Waals surface area (Å²) in [5.74, 6) is 0.0774. The van der Waals surface area contributed by atoms with Crippen LogP contribution in [-0.2, 0) is 11.2 Å². The van der Waals surface area contributed by atoms with Crippen molar-refractivity contribution in [3.05, 3.63) is 44.8 Å². The van der Waals surface area contributed by atoms with E-state index in [0.717, 1.165) is 6.42 Å². The molecule has 0 aliphatic carbocycles. The van der Waals surface area contributed by atoms with Crippen LogP contribution in [0.3, 0.4) is 0 Å². The number of rotatable bonds is 7. The molecule has 0 aliphatic heterocycles. The van der Waals surface area contributed by atoms with Crippen molar-refractivity contribution in [1.29, 1.82) is 0 Å². The molecule has 102 valence electrons. The fourth-order valence-electron chi connectivity index (χ4n) is 1.88. The fraction of sp³-hybridized carbons (Fsp3) is 0.357. The summed E-state index contributed by atoms with van der Waals surface area (Å²) in [6.07, 6.45) is 1.49. The first-order chi connectivity index (χ1) is 9.29. The first kappa shape index (κ1) is 14.2. The van der Waals surface area contributed by atoms with Crippen molar-refractivity contribution >= 4 is 28.6 Å². The lowest BCUT2D eigenvalue weighted by molar-refractivity contribution is -0.120. The first-order valence-electron chi connectivity index (χ1n) is 6.29. The normalized spacial score (nSPS) is 12.3.